The van der Waals surface area contributed by atoms with E-state index in [1.165, 1.54) is 21.0 Å². The van der Waals surface area contributed by atoms with Crippen LogP contribution in [-0.2, 0) is 0 Å². The third kappa shape index (κ3) is 2.60. The van der Waals surface area contributed by atoms with E-state index in [4.69, 9.17) is 9.73 Å². The highest BCUT2D eigenvalue weighted by molar-refractivity contribution is 7.99. The number of ether oxygens (including phenoxy) is 1. The van der Waals surface area contributed by atoms with E-state index < -0.39 is 0 Å². The monoisotopic (exact) mass is 363 g/mol. The van der Waals surface area contributed by atoms with Gasteiger partial charge in [-0.25, -0.2) is 0 Å². The molecule has 25 heavy (non-hydrogen) atoms. The molecule has 2 aliphatic rings. The lowest BCUT2D eigenvalue weighted by atomic mass is 9.89. The number of aryl methyl sites for hydroxylation is 1. The van der Waals surface area contributed by atoms with Gasteiger partial charge in [0.2, 0.25) is 0 Å². The average molecular weight is 364 g/mol. The van der Waals surface area contributed by atoms with Crippen molar-refractivity contribution in [1.29, 1.82) is 0 Å². The number of nitrogens with zero attached hydrogens (tertiary/aromatic N) is 1. The van der Waals surface area contributed by atoms with Crippen molar-refractivity contribution in [3.8, 4) is 5.75 Å². The standard InChI is InChI=1S/C21H17NOS2/c1-13-8-9-17-14(11-13)20-15(12-23-17)21(19-7-4-10-24-19)25-18-6-3-2-5-16(18)22-20/h2-11,15,21H,12H2,1H3. The highest BCUT2D eigenvalue weighted by Crippen LogP contribution is 2.51. The Labute approximate surface area is 155 Å². The van der Waals surface area contributed by atoms with Crippen LogP contribution in [0.1, 0.15) is 21.3 Å². The zero-order chi connectivity index (χ0) is 16.8. The van der Waals surface area contributed by atoms with Gasteiger partial charge in [-0.3, -0.25) is 4.99 Å². The van der Waals surface area contributed by atoms with Crippen molar-refractivity contribution in [1.82, 2.24) is 0 Å². The molecule has 3 heterocycles. The molecule has 0 spiro atoms. The van der Waals surface area contributed by atoms with E-state index in [-0.39, 0.29) is 5.92 Å². The van der Waals surface area contributed by atoms with Crippen LogP contribution in [0.3, 0.4) is 0 Å². The number of para-hydroxylation sites is 1. The lowest BCUT2D eigenvalue weighted by molar-refractivity contribution is 0.272. The average Bonchev–Trinajstić information content (AvgIpc) is 3.10. The second kappa shape index (κ2) is 6.04. The Morgan fingerprint density at radius 1 is 1.08 bits per heavy atom. The highest BCUT2D eigenvalue weighted by atomic mass is 32.2. The van der Waals surface area contributed by atoms with Crippen LogP contribution in [0, 0.1) is 12.8 Å². The fourth-order valence-corrected chi connectivity index (χ4v) is 5.82. The number of rotatable bonds is 1. The molecular weight excluding hydrogens is 346 g/mol. The lowest BCUT2D eigenvalue weighted by Gasteiger charge is -2.31. The summed E-state index contributed by atoms with van der Waals surface area (Å²) in [6.07, 6.45) is 0. The quantitative estimate of drug-likeness (QED) is 0.526. The molecule has 2 unspecified atom stereocenters. The fraction of sp³-hybridized carbons (Fsp3) is 0.190. The highest BCUT2D eigenvalue weighted by Gasteiger charge is 2.37. The van der Waals surface area contributed by atoms with Gasteiger partial charge in [0.15, 0.2) is 0 Å². The maximum atomic E-state index is 6.14. The van der Waals surface area contributed by atoms with Gasteiger partial charge in [0.25, 0.3) is 0 Å². The summed E-state index contributed by atoms with van der Waals surface area (Å²) < 4.78 is 6.14. The van der Waals surface area contributed by atoms with Crippen LogP contribution in [0.15, 0.2) is 69.9 Å². The van der Waals surface area contributed by atoms with Crippen molar-refractivity contribution in [2.24, 2.45) is 10.9 Å². The molecule has 0 radical (unpaired) electrons. The zero-order valence-corrected chi connectivity index (χ0v) is 15.4. The molecule has 124 valence electrons. The number of aliphatic imine (C=N–C) groups is 1. The molecule has 5 rings (SSSR count). The molecule has 0 saturated heterocycles. The summed E-state index contributed by atoms with van der Waals surface area (Å²) in [5, 5.41) is 2.49. The first-order chi connectivity index (χ1) is 12.3. The Balaban J connectivity index is 1.73. The van der Waals surface area contributed by atoms with Gasteiger partial charge in [-0.2, -0.15) is 0 Å². The van der Waals surface area contributed by atoms with E-state index in [0.29, 0.717) is 11.9 Å². The minimum absolute atomic E-state index is 0.255. The predicted molar refractivity (Wildman–Crippen MR) is 106 cm³/mol. The number of thiophene rings is 1. The Morgan fingerprint density at radius 2 is 2.00 bits per heavy atom. The fourth-order valence-electron chi connectivity index (χ4n) is 3.51. The first-order valence-electron chi connectivity index (χ1n) is 8.41. The van der Waals surface area contributed by atoms with Crippen LogP contribution >= 0.6 is 23.1 Å². The molecule has 1 aromatic heterocycles. The molecule has 0 aliphatic carbocycles. The Morgan fingerprint density at radius 3 is 2.88 bits per heavy atom. The molecule has 2 atom stereocenters. The minimum Gasteiger partial charge on any atom is -0.492 e. The van der Waals surface area contributed by atoms with E-state index in [0.717, 1.165) is 17.0 Å². The first kappa shape index (κ1) is 15.2. The predicted octanol–water partition coefficient (Wildman–Crippen LogP) is 6.03. The van der Waals surface area contributed by atoms with E-state index in [1.54, 1.807) is 0 Å². The second-order valence-corrected chi connectivity index (χ2v) is 8.60. The smallest absolute Gasteiger partial charge is 0.128 e. The summed E-state index contributed by atoms with van der Waals surface area (Å²) >= 11 is 3.74. The lowest BCUT2D eigenvalue weighted by Crippen LogP contribution is -2.31. The van der Waals surface area contributed by atoms with Gasteiger partial charge in [0, 0.05) is 15.3 Å². The molecule has 2 aliphatic heterocycles. The molecule has 0 fully saturated rings. The maximum Gasteiger partial charge on any atom is 0.128 e. The van der Waals surface area contributed by atoms with Crippen molar-refractivity contribution in [2.75, 3.05) is 6.61 Å². The molecule has 0 bridgehead atoms. The van der Waals surface area contributed by atoms with Crippen molar-refractivity contribution in [3.63, 3.8) is 0 Å². The molecule has 0 saturated carbocycles. The van der Waals surface area contributed by atoms with Crippen molar-refractivity contribution in [2.45, 2.75) is 17.1 Å². The topological polar surface area (TPSA) is 21.6 Å². The molecule has 4 heteroatoms. The van der Waals surface area contributed by atoms with E-state index in [1.807, 2.05) is 23.1 Å². The minimum atomic E-state index is 0.255. The summed E-state index contributed by atoms with van der Waals surface area (Å²) in [5.41, 5.74) is 4.63. The van der Waals surface area contributed by atoms with Gasteiger partial charge < -0.3 is 4.74 Å². The molecule has 0 amide bonds. The van der Waals surface area contributed by atoms with E-state index >= 15 is 0 Å². The van der Waals surface area contributed by atoms with Gasteiger partial charge >= 0.3 is 0 Å². The Kier molecular flexibility index (Phi) is 3.68. The summed E-state index contributed by atoms with van der Waals surface area (Å²) in [4.78, 5) is 7.76. The number of benzene rings is 2. The van der Waals surface area contributed by atoms with Gasteiger partial charge in [-0.05, 0) is 42.6 Å². The Hall–Kier alpha value is -2.04. The summed E-state index contributed by atoms with van der Waals surface area (Å²) in [7, 11) is 0. The first-order valence-corrected chi connectivity index (χ1v) is 10.2. The van der Waals surface area contributed by atoms with Gasteiger partial charge in [0.05, 0.1) is 29.2 Å². The SMILES string of the molecule is Cc1ccc2c(c1)C1=Nc3ccccc3SC(c3cccs3)C1CO2. The van der Waals surface area contributed by atoms with Crippen LogP contribution in [-0.4, -0.2) is 12.3 Å². The number of hydrogen-bond donors (Lipinski definition) is 0. The Bertz CT molecular complexity index is 962. The molecule has 3 aromatic rings. The van der Waals surface area contributed by atoms with Crippen LogP contribution in [0.25, 0.3) is 0 Å². The number of fused-ring (bicyclic) bond motifs is 4. The number of hydrogen-bond acceptors (Lipinski definition) is 4. The van der Waals surface area contributed by atoms with Gasteiger partial charge in [0.1, 0.15) is 5.75 Å². The molecule has 0 N–H and O–H groups in total. The van der Waals surface area contributed by atoms with E-state index in [9.17, 15) is 0 Å². The second-order valence-electron chi connectivity index (χ2n) is 6.44. The summed E-state index contributed by atoms with van der Waals surface area (Å²) in [6.45, 7) is 2.80. The molecular formula is C21H17NOS2. The van der Waals surface area contributed by atoms with E-state index in [2.05, 4.69) is 66.9 Å². The third-order valence-electron chi connectivity index (χ3n) is 4.73. The number of thioether (sulfide) groups is 1. The maximum absolute atomic E-state index is 6.14. The summed E-state index contributed by atoms with van der Waals surface area (Å²) in [5.74, 6) is 1.21. The van der Waals surface area contributed by atoms with Crippen LogP contribution in [0.2, 0.25) is 0 Å². The van der Waals surface area contributed by atoms with Gasteiger partial charge in [-0.15, -0.1) is 23.1 Å². The van der Waals surface area contributed by atoms with Crippen molar-refractivity contribution < 1.29 is 4.74 Å². The van der Waals surface area contributed by atoms with Crippen molar-refractivity contribution >= 4 is 34.5 Å². The van der Waals surface area contributed by atoms with Crippen LogP contribution < -0.4 is 4.74 Å². The van der Waals surface area contributed by atoms with Crippen molar-refractivity contribution in [3.05, 3.63) is 76.0 Å². The summed E-state index contributed by atoms with van der Waals surface area (Å²) in [6, 6.07) is 19.2. The largest absolute Gasteiger partial charge is 0.492 e. The van der Waals surface area contributed by atoms with Crippen LogP contribution in [0.4, 0.5) is 5.69 Å². The van der Waals surface area contributed by atoms with Crippen LogP contribution in [0.5, 0.6) is 5.75 Å². The molecule has 2 aromatic carbocycles. The third-order valence-corrected chi connectivity index (χ3v) is 7.27. The normalized spacial score (nSPS) is 21.2. The van der Waals surface area contributed by atoms with Gasteiger partial charge in [-0.1, -0.05) is 29.8 Å². The zero-order valence-electron chi connectivity index (χ0n) is 13.8. The molecule has 2 nitrogen and oxygen atoms in total.